The molecule has 0 atom stereocenters. The fraction of sp³-hybridized carbons (Fsp3) is 0.368. The number of rotatable bonds is 3. The van der Waals surface area contributed by atoms with E-state index in [1.54, 1.807) is 36.9 Å². The highest BCUT2D eigenvalue weighted by Crippen LogP contribution is 2.19. The maximum atomic E-state index is 12.8. The van der Waals surface area contributed by atoms with Crippen LogP contribution in [0.3, 0.4) is 0 Å². The molecule has 0 spiro atoms. The molecule has 26 heavy (non-hydrogen) atoms. The maximum Gasteiger partial charge on any atom is 0.257 e. The number of hydrogen-bond acceptors (Lipinski definition) is 5. The van der Waals surface area contributed by atoms with Gasteiger partial charge in [0.1, 0.15) is 0 Å². The first-order chi connectivity index (χ1) is 12.5. The van der Waals surface area contributed by atoms with Crippen LogP contribution in [0.5, 0.6) is 0 Å². The molecule has 0 aliphatic carbocycles. The summed E-state index contributed by atoms with van der Waals surface area (Å²) >= 11 is 0. The minimum Gasteiger partial charge on any atom is -0.378 e. The average Bonchev–Trinajstić information content (AvgIpc) is 2.65. The van der Waals surface area contributed by atoms with E-state index < -0.39 is 0 Å². The molecule has 2 amide bonds. The Morgan fingerprint density at radius 1 is 1.04 bits per heavy atom. The Balaban J connectivity index is 1.82. The molecule has 0 unspecified atom stereocenters. The summed E-state index contributed by atoms with van der Waals surface area (Å²) in [7, 11) is 0. The lowest BCUT2D eigenvalue weighted by atomic mass is 10.1. The first-order valence-corrected chi connectivity index (χ1v) is 8.55. The van der Waals surface area contributed by atoms with Gasteiger partial charge >= 0.3 is 0 Å². The van der Waals surface area contributed by atoms with Crippen LogP contribution in [-0.4, -0.2) is 53.2 Å². The number of nitrogens with one attached hydrogen (secondary N) is 1. The number of hydrogen-bond donors (Lipinski definition) is 1. The van der Waals surface area contributed by atoms with Crippen LogP contribution in [0, 0.1) is 20.8 Å². The number of ether oxygens (including phenoxy) is 1. The van der Waals surface area contributed by atoms with Gasteiger partial charge in [0.2, 0.25) is 0 Å². The molecule has 0 saturated carbocycles. The third kappa shape index (κ3) is 3.88. The Hall–Kier alpha value is -2.80. The summed E-state index contributed by atoms with van der Waals surface area (Å²) < 4.78 is 5.30. The lowest BCUT2D eigenvalue weighted by Crippen LogP contribution is -2.41. The molecule has 1 aliphatic rings. The molecular weight excluding hydrogens is 332 g/mol. The van der Waals surface area contributed by atoms with Gasteiger partial charge in [-0.25, -0.2) is 0 Å². The number of morpholine rings is 1. The predicted molar refractivity (Wildman–Crippen MR) is 97.4 cm³/mol. The number of anilines is 1. The third-order valence-corrected chi connectivity index (χ3v) is 4.37. The fourth-order valence-electron chi connectivity index (χ4n) is 2.85. The Morgan fingerprint density at radius 2 is 1.77 bits per heavy atom. The molecule has 7 heteroatoms. The lowest BCUT2D eigenvalue weighted by Gasteiger charge is -2.27. The molecule has 136 valence electrons. The minimum absolute atomic E-state index is 0.0421. The van der Waals surface area contributed by atoms with E-state index in [9.17, 15) is 9.59 Å². The van der Waals surface area contributed by atoms with Crippen molar-refractivity contribution in [3.05, 3.63) is 52.3 Å². The Bertz CT molecular complexity index is 845. The zero-order valence-electron chi connectivity index (χ0n) is 15.2. The number of carbonyl (C=O) groups is 2. The van der Waals surface area contributed by atoms with Gasteiger partial charge < -0.3 is 15.0 Å². The first-order valence-electron chi connectivity index (χ1n) is 8.55. The van der Waals surface area contributed by atoms with Gasteiger partial charge in [-0.3, -0.25) is 9.59 Å². The van der Waals surface area contributed by atoms with E-state index in [0.29, 0.717) is 54.5 Å². The van der Waals surface area contributed by atoms with Crippen LogP contribution < -0.4 is 5.32 Å². The smallest absolute Gasteiger partial charge is 0.257 e. The molecule has 2 aromatic rings. The van der Waals surface area contributed by atoms with E-state index in [0.717, 1.165) is 5.56 Å². The van der Waals surface area contributed by atoms with Gasteiger partial charge in [0, 0.05) is 24.3 Å². The molecule has 2 heterocycles. The van der Waals surface area contributed by atoms with E-state index in [2.05, 4.69) is 15.5 Å². The molecule has 3 rings (SSSR count). The molecule has 7 nitrogen and oxygen atoms in total. The van der Waals surface area contributed by atoms with Gasteiger partial charge in [0.05, 0.1) is 30.2 Å². The second kappa shape index (κ2) is 7.61. The average molecular weight is 354 g/mol. The molecule has 1 saturated heterocycles. The maximum absolute atomic E-state index is 12.8. The minimum atomic E-state index is -0.269. The second-order valence-corrected chi connectivity index (χ2v) is 6.37. The van der Waals surface area contributed by atoms with Crippen LogP contribution in [-0.2, 0) is 4.74 Å². The van der Waals surface area contributed by atoms with Crippen molar-refractivity contribution < 1.29 is 14.3 Å². The number of amides is 2. The Kier molecular flexibility index (Phi) is 5.27. The molecule has 1 aromatic heterocycles. The van der Waals surface area contributed by atoms with Crippen LogP contribution in [0.4, 0.5) is 5.69 Å². The lowest BCUT2D eigenvalue weighted by molar-refractivity contribution is 0.0302. The normalized spacial score (nSPS) is 14.2. The number of carbonyl (C=O) groups excluding carboxylic acids is 2. The van der Waals surface area contributed by atoms with Gasteiger partial charge in [-0.05, 0) is 44.5 Å². The topological polar surface area (TPSA) is 84.4 Å². The summed E-state index contributed by atoms with van der Waals surface area (Å²) in [6.07, 6.45) is 0. The van der Waals surface area contributed by atoms with E-state index in [1.165, 1.54) is 0 Å². The van der Waals surface area contributed by atoms with Crippen molar-refractivity contribution in [3.8, 4) is 0 Å². The first kappa shape index (κ1) is 18.0. The second-order valence-electron chi connectivity index (χ2n) is 6.37. The summed E-state index contributed by atoms with van der Waals surface area (Å²) in [5.41, 5.74) is 3.74. The van der Waals surface area contributed by atoms with Crippen molar-refractivity contribution in [1.29, 1.82) is 0 Å². The van der Waals surface area contributed by atoms with Crippen LogP contribution in [0.2, 0.25) is 0 Å². The molecule has 0 radical (unpaired) electrons. The monoisotopic (exact) mass is 354 g/mol. The van der Waals surface area contributed by atoms with E-state index in [1.807, 2.05) is 13.0 Å². The SMILES string of the molecule is Cc1cc(C(=O)Nc2ccc(C)c(C(=O)N3CCOCC3)c2)c(C)nn1. The van der Waals surface area contributed by atoms with Crippen molar-refractivity contribution in [2.75, 3.05) is 31.6 Å². The zero-order valence-corrected chi connectivity index (χ0v) is 15.2. The summed E-state index contributed by atoms with van der Waals surface area (Å²) in [4.78, 5) is 27.1. The summed E-state index contributed by atoms with van der Waals surface area (Å²) in [6.45, 7) is 7.67. The quantitative estimate of drug-likeness (QED) is 0.913. The summed E-state index contributed by atoms with van der Waals surface area (Å²) in [6, 6.07) is 7.06. The van der Waals surface area contributed by atoms with Crippen LogP contribution in [0.15, 0.2) is 24.3 Å². The fourth-order valence-corrected chi connectivity index (χ4v) is 2.85. The van der Waals surface area contributed by atoms with Gasteiger partial charge in [-0.2, -0.15) is 10.2 Å². The van der Waals surface area contributed by atoms with Gasteiger partial charge in [-0.1, -0.05) is 6.07 Å². The van der Waals surface area contributed by atoms with Crippen molar-refractivity contribution in [3.63, 3.8) is 0 Å². The van der Waals surface area contributed by atoms with Crippen LogP contribution >= 0.6 is 0 Å². The van der Waals surface area contributed by atoms with Crippen molar-refractivity contribution >= 4 is 17.5 Å². The molecule has 1 fully saturated rings. The van der Waals surface area contributed by atoms with Gasteiger partial charge in [-0.15, -0.1) is 0 Å². The highest BCUT2D eigenvalue weighted by Gasteiger charge is 2.21. The number of nitrogens with zero attached hydrogens (tertiary/aromatic N) is 3. The molecular formula is C19H22N4O3. The predicted octanol–water partition coefficient (Wildman–Crippen LogP) is 2.13. The van der Waals surface area contributed by atoms with E-state index in [4.69, 9.17) is 4.74 Å². The Morgan fingerprint density at radius 3 is 2.50 bits per heavy atom. The summed E-state index contributed by atoms with van der Waals surface area (Å²) in [5.74, 6) is -0.311. The highest BCUT2D eigenvalue weighted by molar-refractivity contribution is 6.06. The molecule has 1 N–H and O–H groups in total. The largest absolute Gasteiger partial charge is 0.378 e. The highest BCUT2D eigenvalue weighted by atomic mass is 16.5. The summed E-state index contributed by atoms with van der Waals surface area (Å²) in [5, 5.41) is 10.8. The van der Waals surface area contributed by atoms with Crippen molar-refractivity contribution in [2.45, 2.75) is 20.8 Å². The number of aryl methyl sites for hydroxylation is 3. The van der Waals surface area contributed by atoms with E-state index >= 15 is 0 Å². The van der Waals surface area contributed by atoms with Crippen molar-refractivity contribution in [1.82, 2.24) is 15.1 Å². The van der Waals surface area contributed by atoms with Crippen LogP contribution in [0.1, 0.15) is 37.7 Å². The third-order valence-electron chi connectivity index (χ3n) is 4.37. The van der Waals surface area contributed by atoms with Gasteiger partial charge in [0.25, 0.3) is 11.8 Å². The van der Waals surface area contributed by atoms with E-state index in [-0.39, 0.29) is 11.8 Å². The molecule has 1 aromatic carbocycles. The Labute approximate surface area is 152 Å². The standard InChI is InChI=1S/C19H22N4O3/c1-12-4-5-15(11-16(12)19(25)23-6-8-26-9-7-23)20-18(24)17-10-13(2)21-22-14(17)3/h4-5,10-11H,6-9H2,1-3H3,(H,20,24). The van der Waals surface area contributed by atoms with Crippen molar-refractivity contribution in [2.24, 2.45) is 0 Å². The zero-order chi connectivity index (χ0) is 18.7. The van der Waals surface area contributed by atoms with Gasteiger partial charge in [0.15, 0.2) is 0 Å². The number of aromatic nitrogens is 2. The molecule has 1 aliphatic heterocycles. The van der Waals surface area contributed by atoms with Crippen LogP contribution in [0.25, 0.3) is 0 Å². The molecule has 0 bridgehead atoms. The number of benzene rings is 1.